The van der Waals surface area contributed by atoms with E-state index in [1.165, 1.54) is 16.3 Å². The summed E-state index contributed by atoms with van der Waals surface area (Å²) in [6, 6.07) is 11.2. The first-order valence-electron chi connectivity index (χ1n) is 7.39. The molecule has 0 radical (unpaired) electrons. The van der Waals surface area contributed by atoms with E-state index in [4.69, 9.17) is 21.5 Å². The van der Waals surface area contributed by atoms with Crippen molar-refractivity contribution in [3.05, 3.63) is 75.4 Å². The summed E-state index contributed by atoms with van der Waals surface area (Å²) in [5.74, 6) is 0. The Labute approximate surface area is 146 Å². The number of benzene rings is 2. The van der Waals surface area contributed by atoms with E-state index in [1.54, 1.807) is 42.5 Å². The highest BCUT2D eigenvalue weighted by Crippen LogP contribution is 2.30. The Morgan fingerprint density at radius 2 is 1.96 bits per heavy atom. The number of carbonyl (C=O) groups is 1. The second-order valence-corrected chi connectivity index (χ2v) is 5.91. The van der Waals surface area contributed by atoms with Crippen LogP contribution in [0.3, 0.4) is 0 Å². The van der Waals surface area contributed by atoms with Gasteiger partial charge >= 0.3 is 11.7 Å². The highest BCUT2D eigenvalue weighted by atomic mass is 35.5. The van der Waals surface area contributed by atoms with Gasteiger partial charge in [-0.15, -0.1) is 0 Å². The molecule has 0 spiro atoms. The minimum Gasteiger partial charge on any atom is -0.494 e. The number of nitrogens with one attached hydrogen (secondary N) is 1. The van der Waals surface area contributed by atoms with E-state index < -0.39 is 11.7 Å². The lowest BCUT2D eigenvalue weighted by molar-refractivity contribution is 0.163. The van der Waals surface area contributed by atoms with Gasteiger partial charge in [-0.05, 0) is 24.3 Å². The third-order valence-corrected chi connectivity index (χ3v) is 4.30. The first-order chi connectivity index (χ1) is 12.1. The number of hydrogen-bond acceptors (Lipinski definition) is 4. The standard InChI is InChI=1S/C17H12ClN3O4/c18-11-5-6-12-10(7-11)8-25-9-15(12)20-13-3-1-2-4-14(13)21(17(20)23)16(22)19-24/h1-7,9,24H,8H2,(H,19,22). The first kappa shape index (κ1) is 15.5. The number of hydroxylamine groups is 1. The van der Waals surface area contributed by atoms with Crippen LogP contribution in [0, 0.1) is 0 Å². The Balaban J connectivity index is 2.04. The van der Waals surface area contributed by atoms with Crippen LogP contribution in [0.2, 0.25) is 5.02 Å². The van der Waals surface area contributed by atoms with Gasteiger partial charge in [0.15, 0.2) is 0 Å². The second-order valence-electron chi connectivity index (χ2n) is 5.47. The van der Waals surface area contributed by atoms with Gasteiger partial charge in [-0.3, -0.25) is 9.77 Å². The average molecular weight is 358 g/mol. The van der Waals surface area contributed by atoms with Crippen molar-refractivity contribution in [1.29, 1.82) is 0 Å². The van der Waals surface area contributed by atoms with Crippen LogP contribution < -0.4 is 11.2 Å². The number of aromatic nitrogens is 2. The number of imidazole rings is 1. The summed E-state index contributed by atoms with van der Waals surface area (Å²) >= 11 is 6.03. The summed E-state index contributed by atoms with van der Waals surface area (Å²) in [7, 11) is 0. The predicted octanol–water partition coefficient (Wildman–Crippen LogP) is 2.78. The van der Waals surface area contributed by atoms with Crippen molar-refractivity contribution in [3.63, 3.8) is 0 Å². The van der Waals surface area contributed by atoms with Gasteiger partial charge in [-0.25, -0.2) is 19.6 Å². The SMILES string of the molecule is O=C(NO)n1c(=O)n(C2=COCc3cc(Cl)ccc32)c2ccccc21. The molecule has 1 aromatic heterocycles. The molecule has 7 nitrogen and oxygen atoms in total. The van der Waals surface area contributed by atoms with E-state index in [9.17, 15) is 9.59 Å². The zero-order valence-electron chi connectivity index (χ0n) is 12.8. The molecule has 0 fully saturated rings. The molecule has 1 aliphatic rings. The molecule has 2 N–H and O–H groups in total. The molecule has 1 aliphatic heterocycles. The number of ether oxygens (including phenoxy) is 1. The maximum Gasteiger partial charge on any atom is 0.354 e. The van der Waals surface area contributed by atoms with Crippen molar-refractivity contribution < 1.29 is 14.7 Å². The lowest BCUT2D eigenvalue weighted by atomic mass is 10.0. The van der Waals surface area contributed by atoms with Crippen LogP contribution in [0.25, 0.3) is 16.7 Å². The van der Waals surface area contributed by atoms with E-state index >= 15 is 0 Å². The van der Waals surface area contributed by atoms with E-state index in [0.29, 0.717) is 28.4 Å². The largest absolute Gasteiger partial charge is 0.494 e. The van der Waals surface area contributed by atoms with E-state index in [-0.39, 0.29) is 0 Å². The second kappa shape index (κ2) is 5.80. The Kier molecular flexibility index (Phi) is 3.60. The van der Waals surface area contributed by atoms with Crippen LogP contribution in [0.5, 0.6) is 0 Å². The molecule has 0 unspecified atom stereocenters. The molecule has 0 saturated carbocycles. The minimum atomic E-state index is -0.936. The summed E-state index contributed by atoms with van der Waals surface area (Å²) in [5.41, 5.74) is 3.86. The highest BCUT2D eigenvalue weighted by Gasteiger charge is 2.24. The molecule has 1 amide bonds. The van der Waals surface area contributed by atoms with Crippen molar-refractivity contribution >= 4 is 34.4 Å². The first-order valence-corrected chi connectivity index (χ1v) is 7.77. The number of para-hydroxylation sites is 2. The van der Waals surface area contributed by atoms with Crippen LogP contribution >= 0.6 is 11.6 Å². The van der Waals surface area contributed by atoms with Gasteiger partial charge in [-0.1, -0.05) is 29.8 Å². The summed E-state index contributed by atoms with van der Waals surface area (Å²) in [6.07, 6.45) is 1.48. The van der Waals surface area contributed by atoms with Crippen LogP contribution in [0.15, 0.2) is 53.5 Å². The maximum atomic E-state index is 12.9. The molecule has 0 aliphatic carbocycles. The van der Waals surface area contributed by atoms with Gasteiger partial charge < -0.3 is 4.74 Å². The van der Waals surface area contributed by atoms with E-state index in [2.05, 4.69) is 0 Å². The molecule has 4 rings (SSSR count). The number of fused-ring (bicyclic) bond motifs is 2. The number of amides is 1. The lowest BCUT2D eigenvalue weighted by Gasteiger charge is -2.19. The molecule has 2 aromatic carbocycles. The Bertz CT molecular complexity index is 1100. The maximum absolute atomic E-state index is 12.9. The van der Waals surface area contributed by atoms with Gasteiger partial charge in [0.05, 0.1) is 16.7 Å². The molecule has 126 valence electrons. The van der Waals surface area contributed by atoms with Crippen LogP contribution in [-0.2, 0) is 11.3 Å². The van der Waals surface area contributed by atoms with Crippen molar-refractivity contribution in [2.45, 2.75) is 6.61 Å². The van der Waals surface area contributed by atoms with Crippen molar-refractivity contribution in [3.8, 4) is 0 Å². The molecule has 0 bridgehead atoms. The Morgan fingerprint density at radius 3 is 2.72 bits per heavy atom. The molecule has 2 heterocycles. The number of halogens is 1. The van der Waals surface area contributed by atoms with E-state index in [0.717, 1.165) is 15.7 Å². The third-order valence-electron chi connectivity index (χ3n) is 4.06. The van der Waals surface area contributed by atoms with Crippen molar-refractivity contribution in [2.75, 3.05) is 0 Å². The number of carbonyl (C=O) groups excluding carboxylic acids is 1. The fourth-order valence-corrected chi connectivity index (χ4v) is 3.20. The minimum absolute atomic E-state index is 0.337. The molecular weight excluding hydrogens is 346 g/mol. The topological polar surface area (TPSA) is 85.5 Å². The summed E-state index contributed by atoms with van der Waals surface area (Å²) in [6.45, 7) is 0.337. The van der Waals surface area contributed by atoms with E-state index in [1.807, 2.05) is 0 Å². The summed E-state index contributed by atoms with van der Waals surface area (Å²) in [4.78, 5) is 24.9. The van der Waals surface area contributed by atoms with Gasteiger partial charge in [0, 0.05) is 16.1 Å². The summed E-state index contributed by atoms with van der Waals surface area (Å²) < 4.78 is 7.71. The molecule has 3 aromatic rings. The van der Waals surface area contributed by atoms with Crippen LogP contribution in [0.4, 0.5) is 4.79 Å². The average Bonchev–Trinajstić information content (AvgIpc) is 2.92. The quantitative estimate of drug-likeness (QED) is 0.518. The predicted molar refractivity (Wildman–Crippen MR) is 91.5 cm³/mol. The number of nitrogens with zero attached hydrogens (tertiary/aromatic N) is 2. The third kappa shape index (κ3) is 2.33. The lowest BCUT2D eigenvalue weighted by Crippen LogP contribution is -2.35. The zero-order valence-corrected chi connectivity index (χ0v) is 13.5. The van der Waals surface area contributed by atoms with Gasteiger partial charge in [0.25, 0.3) is 0 Å². The molecular formula is C17H12ClN3O4. The van der Waals surface area contributed by atoms with Gasteiger partial charge in [0.1, 0.15) is 12.9 Å². The van der Waals surface area contributed by atoms with Crippen molar-refractivity contribution in [2.24, 2.45) is 0 Å². The smallest absolute Gasteiger partial charge is 0.354 e. The fourth-order valence-electron chi connectivity index (χ4n) is 3.01. The Morgan fingerprint density at radius 1 is 1.20 bits per heavy atom. The Hall–Kier alpha value is -3.03. The number of rotatable bonds is 1. The molecule has 8 heteroatoms. The van der Waals surface area contributed by atoms with Crippen LogP contribution in [-0.4, -0.2) is 20.4 Å². The monoisotopic (exact) mass is 357 g/mol. The summed E-state index contributed by atoms with van der Waals surface area (Å²) in [5, 5.41) is 9.53. The van der Waals surface area contributed by atoms with Crippen LogP contribution in [0.1, 0.15) is 11.1 Å². The van der Waals surface area contributed by atoms with Gasteiger partial charge in [0.2, 0.25) is 0 Å². The number of hydrogen-bond donors (Lipinski definition) is 2. The fraction of sp³-hybridized carbons (Fsp3) is 0.0588. The highest BCUT2D eigenvalue weighted by molar-refractivity contribution is 6.30. The zero-order chi connectivity index (χ0) is 17.6. The molecule has 25 heavy (non-hydrogen) atoms. The van der Waals surface area contributed by atoms with Crippen molar-refractivity contribution in [1.82, 2.24) is 14.6 Å². The van der Waals surface area contributed by atoms with Gasteiger partial charge in [-0.2, -0.15) is 0 Å². The molecule has 0 atom stereocenters. The normalized spacial score (nSPS) is 13.1. The molecule has 0 saturated heterocycles.